The number of rotatable bonds is 8. The van der Waals surface area contributed by atoms with Gasteiger partial charge in [0.25, 0.3) is 0 Å². The third kappa shape index (κ3) is 4.78. The summed E-state index contributed by atoms with van der Waals surface area (Å²) in [5.74, 6) is 0.596. The van der Waals surface area contributed by atoms with Gasteiger partial charge in [-0.25, -0.2) is 0 Å². The molecule has 0 bridgehead atoms. The molecule has 0 aliphatic carbocycles. The molecule has 3 rings (SSSR count). The monoisotopic (exact) mass is 359 g/mol. The lowest BCUT2D eigenvalue weighted by Gasteiger charge is -2.27. The van der Waals surface area contributed by atoms with E-state index in [0.717, 1.165) is 17.5 Å². The molecule has 0 aliphatic rings. The molecule has 0 amide bonds. The molecule has 0 saturated carbocycles. The largest absolute Gasteiger partial charge is 0.488 e. The van der Waals surface area contributed by atoms with Crippen LogP contribution >= 0.6 is 0 Å². The molecule has 0 unspecified atom stereocenters. The summed E-state index contributed by atoms with van der Waals surface area (Å²) in [7, 11) is 0. The zero-order valence-corrected chi connectivity index (χ0v) is 15.9. The van der Waals surface area contributed by atoms with Gasteiger partial charge in [-0.15, -0.1) is 0 Å². The Morgan fingerprint density at radius 2 is 1.93 bits per heavy atom. The lowest BCUT2D eigenvalue weighted by Crippen LogP contribution is -2.42. The van der Waals surface area contributed by atoms with Crippen LogP contribution < -0.4 is 10.1 Å². The number of hydrogen-bond donors (Lipinski definition) is 2. The second kappa shape index (κ2) is 8.11. The van der Waals surface area contributed by atoms with Crippen molar-refractivity contribution >= 4 is 10.9 Å². The fraction of sp³-hybridized carbons (Fsp3) is 0.261. The number of para-hydroxylation sites is 2. The maximum absolute atomic E-state index is 9.12. The third-order valence-corrected chi connectivity index (χ3v) is 4.56. The van der Waals surface area contributed by atoms with Crippen LogP contribution in [0.3, 0.4) is 0 Å². The third-order valence-electron chi connectivity index (χ3n) is 4.56. The van der Waals surface area contributed by atoms with Gasteiger partial charge in [-0.2, -0.15) is 5.26 Å². The molecule has 4 nitrogen and oxygen atoms in total. The van der Waals surface area contributed by atoms with Crippen LogP contribution in [0.15, 0.2) is 66.9 Å². The van der Waals surface area contributed by atoms with Crippen molar-refractivity contribution in [3.05, 3.63) is 78.0 Å². The van der Waals surface area contributed by atoms with Gasteiger partial charge in [-0.1, -0.05) is 36.9 Å². The highest BCUT2D eigenvalue weighted by molar-refractivity contribution is 5.83. The van der Waals surface area contributed by atoms with Crippen LogP contribution in [0.4, 0.5) is 0 Å². The first kappa shape index (κ1) is 18.8. The minimum absolute atomic E-state index is 0.0849. The Morgan fingerprint density at radius 3 is 2.74 bits per heavy atom. The minimum Gasteiger partial charge on any atom is -0.488 e. The van der Waals surface area contributed by atoms with Crippen molar-refractivity contribution in [3.63, 3.8) is 0 Å². The number of aromatic amines is 1. The molecule has 2 N–H and O–H groups in total. The SMILES string of the molecule is C=C(CNC(C)(C)Cc1c[nH]c2ccccc12)COc1ccccc1C#N. The first-order chi connectivity index (χ1) is 13.0. The van der Waals surface area contributed by atoms with E-state index in [1.807, 2.05) is 18.2 Å². The Hall–Kier alpha value is -3.03. The van der Waals surface area contributed by atoms with Gasteiger partial charge < -0.3 is 15.0 Å². The Bertz CT molecular complexity index is 978. The van der Waals surface area contributed by atoms with Crippen LogP contribution in [0.2, 0.25) is 0 Å². The van der Waals surface area contributed by atoms with Crippen molar-refractivity contribution in [1.82, 2.24) is 10.3 Å². The molecule has 0 atom stereocenters. The number of ether oxygens (including phenoxy) is 1. The molecular weight excluding hydrogens is 334 g/mol. The van der Waals surface area contributed by atoms with Crippen molar-refractivity contribution in [3.8, 4) is 11.8 Å². The van der Waals surface area contributed by atoms with E-state index in [2.05, 4.69) is 61.2 Å². The summed E-state index contributed by atoms with van der Waals surface area (Å²) in [6.45, 7) is 9.52. The molecule has 138 valence electrons. The van der Waals surface area contributed by atoms with E-state index in [9.17, 15) is 0 Å². The second-order valence-electron chi connectivity index (χ2n) is 7.42. The molecule has 3 aromatic rings. The number of fused-ring (bicyclic) bond motifs is 1. The molecule has 2 aromatic carbocycles. The van der Waals surface area contributed by atoms with Crippen LogP contribution in [0.25, 0.3) is 10.9 Å². The maximum Gasteiger partial charge on any atom is 0.137 e. The normalized spacial score (nSPS) is 11.3. The van der Waals surface area contributed by atoms with E-state index < -0.39 is 0 Å². The van der Waals surface area contributed by atoms with Crippen molar-refractivity contribution in [2.24, 2.45) is 0 Å². The number of hydrogen-bond acceptors (Lipinski definition) is 3. The smallest absolute Gasteiger partial charge is 0.137 e. The lowest BCUT2D eigenvalue weighted by molar-refractivity contribution is 0.336. The standard InChI is InChI=1S/C23H25N3O/c1-17(16-27-22-11-7-4-8-18(22)13-24)14-26-23(2,3)12-19-15-25-21-10-6-5-9-20(19)21/h4-11,15,25-26H,1,12,14,16H2,2-3H3. The average molecular weight is 359 g/mol. The van der Waals surface area contributed by atoms with E-state index in [1.54, 1.807) is 12.1 Å². The van der Waals surface area contributed by atoms with Crippen LogP contribution in [-0.2, 0) is 6.42 Å². The predicted molar refractivity (Wildman–Crippen MR) is 110 cm³/mol. The molecule has 0 fully saturated rings. The highest BCUT2D eigenvalue weighted by atomic mass is 16.5. The molecule has 1 aromatic heterocycles. The zero-order chi connectivity index (χ0) is 19.3. The van der Waals surface area contributed by atoms with Crippen molar-refractivity contribution in [2.45, 2.75) is 25.8 Å². The zero-order valence-electron chi connectivity index (χ0n) is 15.9. The maximum atomic E-state index is 9.12. The first-order valence-electron chi connectivity index (χ1n) is 9.07. The van der Waals surface area contributed by atoms with E-state index in [1.165, 1.54) is 10.9 Å². The Morgan fingerprint density at radius 1 is 1.19 bits per heavy atom. The van der Waals surface area contributed by atoms with Crippen LogP contribution in [0.5, 0.6) is 5.75 Å². The van der Waals surface area contributed by atoms with E-state index >= 15 is 0 Å². The van der Waals surface area contributed by atoms with Gasteiger partial charge in [0.15, 0.2) is 0 Å². The van der Waals surface area contributed by atoms with Gasteiger partial charge in [0.2, 0.25) is 0 Å². The molecule has 0 radical (unpaired) electrons. The topological polar surface area (TPSA) is 60.8 Å². The summed E-state index contributed by atoms with van der Waals surface area (Å²) in [5.41, 5.74) is 3.86. The lowest BCUT2D eigenvalue weighted by atomic mass is 9.94. The summed E-state index contributed by atoms with van der Waals surface area (Å²) in [4.78, 5) is 3.33. The number of aromatic nitrogens is 1. The van der Waals surface area contributed by atoms with E-state index in [4.69, 9.17) is 10.00 Å². The average Bonchev–Trinajstić information content (AvgIpc) is 3.07. The quantitative estimate of drug-likeness (QED) is 0.579. The minimum atomic E-state index is -0.0849. The van der Waals surface area contributed by atoms with Gasteiger partial charge in [-0.3, -0.25) is 0 Å². The molecular formula is C23H25N3O. The summed E-state index contributed by atoms with van der Waals surface area (Å²) in [6.07, 6.45) is 2.99. The molecule has 1 heterocycles. The highest BCUT2D eigenvalue weighted by Gasteiger charge is 2.20. The van der Waals surface area contributed by atoms with Gasteiger partial charge in [-0.05, 0) is 49.6 Å². The summed E-state index contributed by atoms with van der Waals surface area (Å²) < 4.78 is 5.75. The summed E-state index contributed by atoms with van der Waals surface area (Å²) in [5, 5.41) is 14.0. The van der Waals surface area contributed by atoms with Gasteiger partial charge in [0.1, 0.15) is 18.4 Å². The number of nitrogens with zero attached hydrogens (tertiary/aromatic N) is 1. The van der Waals surface area contributed by atoms with Gasteiger partial charge >= 0.3 is 0 Å². The summed E-state index contributed by atoms with van der Waals surface area (Å²) in [6, 6.07) is 17.7. The van der Waals surface area contributed by atoms with E-state index in [0.29, 0.717) is 24.5 Å². The highest BCUT2D eigenvalue weighted by Crippen LogP contribution is 2.22. The van der Waals surface area contributed by atoms with Crippen LogP contribution in [0, 0.1) is 11.3 Å². The molecule has 0 aliphatic heterocycles. The number of H-pyrrole nitrogens is 1. The van der Waals surface area contributed by atoms with Crippen LogP contribution in [0.1, 0.15) is 25.0 Å². The van der Waals surface area contributed by atoms with Crippen molar-refractivity contribution in [1.29, 1.82) is 5.26 Å². The van der Waals surface area contributed by atoms with Gasteiger partial charge in [0.05, 0.1) is 5.56 Å². The first-order valence-corrected chi connectivity index (χ1v) is 9.07. The number of benzene rings is 2. The fourth-order valence-electron chi connectivity index (χ4n) is 3.10. The molecule has 0 spiro atoms. The van der Waals surface area contributed by atoms with Crippen LogP contribution in [-0.4, -0.2) is 23.7 Å². The second-order valence-corrected chi connectivity index (χ2v) is 7.42. The Kier molecular flexibility index (Phi) is 5.63. The molecule has 27 heavy (non-hydrogen) atoms. The number of nitriles is 1. The Labute approximate surface area is 160 Å². The Balaban J connectivity index is 1.54. The summed E-state index contributed by atoms with van der Waals surface area (Å²) >= 11 is 0. The number of nitrogens with one attached hydrogen (secondary N) is 2. The van der Waals surface area contributed by atoms with Crippen molar-refractivity contribution in [2.75, 3.05) is 13.2 Å². The molecule has 0 saturated heterocycles. The van der Waals surface area contributed by atoms with Crippen molar-refractivity contribution < 1.29 is 4.74 Å². The molecule has 4 heteroatoms. The van der Waals surface area contributed by atoms with E-state index in [-0.39, 0.29) is 5.54 Å². The fourth-order valence-corrected chi connectivity index (χ4v) is 3.10. The van der Waals surface area contributed by atoms with Gasteiger partial charge in [0, 0.05) is 29.2 Å². The predicted octanol–water partition coefficient (Wildman–Crippen LogP) is 4.59.